The number of aromatic nitrogens is 1. The Morgan fingerprint density at radius 3 is 2.28 bits per heavy atom. The fraction of sp³-hybridized carbons (Fsp3) is 0.389. The van der Waals surface area contributed by atoms with Gasteiger partial charge in [-0.15, -0.1) is 11.3 Å². The quantitative estimate of drug-likeness (QED) is 0.112. The minimum absolute atomic E-state index is 0.0753. The Hall–Kier alpha value is -3.12. The van der Waals surface area contributed by atoms with Crippen LogP contribution in [0.25, 0.3) is 11.0 Å². The topological polar surface area (TPSA) is 71.8 Å². The Morgan fingerprint density at radius 1 is 0.915 bits per heavy atom. The van der Waals surface area contributed by atoms with Crippen LogP contribution >= 0.6 is 47.1 Å². The molecular formula is C36H41N3O4S4. The van der Waals surface area contributed by atoms with E-state index >= 15 is 0 Å². The zero-order valence-corrected chi connectivity index (χ0v) is 30.3. The van der Waals surface area contributed by atoms with Gasteiger partial charge in [0.25, 0.3) is 11.5 Å². The highest BCUT2D eigenvalue weighted by molar-refractivity contribution is 8.30. The SMILES string of the molecule is CCCCn1c(=O)/c(=C\C=C2/SC(c3ccccc3)C(c3ccccc3)N2CC)s/c1=C1\SC(=S)N(CCCCCC(=O)OC)C1=O. The van der Waals surface area contributed by atoms with E-state index in [9.17, 15) is 14.4 Å². The van der Waals surface area contributed by atoms with E-state index in [2.05, 4.69) is 73.4 Å². The molecule has 0 saturated carbocycles. The highest BCUT2D eigenvalue weighted by Gasteiger charge is 2.39. The van der Waals surface area contributed by atoms with E-state index in [1.807, 2.05) is 30.0 Å². The minimum Gasteiger partial charge on any atom is -0.469 e. The number of esters is 1. The highest BCUT2D eigenvalue weighted by atomic mass is 32.2. The molecule has 2 atom stereocenters. The number of allylic oxidation sites excluding steroid dienone is 1. The summed E-state index contributed by atoms with van der Waals surface area (Å²) in [6.07, 6.45) is 8.36. The van der Waals surface area contributed by atoms with Crippen molar-refractivity contribution in [1.82, 2.24) is 14.4 Å². The molecule has 2 aromatic carbocycles. The molecule has 2 unspecified atom stereocenters. The molecule has 248 valence electrons. The fourth-order valence-electron chi connectivity index (χ4n) is 5.85. The number of ether oxygens (including phenoxy) is 1. The maximum absolute atomic E-state index is 13.8. The second-order valence-electron chi connectivity index (χ2n) is 11.4. The first-order valence-corrected chi connectivity index (χ1v) is 19.1. The average Bonchev–Trinajstić information content (AvgIpc) is 3.72. The first-order valence-electron chi connectivity index (χ1n) is 16.2. The van der Waals surface area contributed by atoms with Crippen molar-refractivity contribution in [2.45, 2.75) is 70.2 Å². The number of amides is 1. The van der Waals surface area contributed by atoms with Crippen LogP contribution in [0.4, 0.5) is 0 Å². The maximum atomic E-state index is 13.8. The summed E-state index contributed by atoms with van der Waals surface area (Å²) in [6.45, 7) is 6.12. The Kier molecular flexibility index (Phi) is 12.6. The first-order chi connectivity index (χ1) is 22.9. The largest absolute Gasteiger partial charge is 0.469 e. The van der Waals surface area contributed by atoms with Gasteiger partial charge in [0, 0.05) is 26.1 Å². The van der Waals surface area contributed by atoms with Crippen LogP contribution in [0, 0.1) is 0 Å². The summed E-state index contributed by atoms with van der Waals surface area (Å²) in [5.74, 6) is -0.375. The standard InChI is InChI=1S/C36H41N3O4S4/c1-4-6-23-38-33(41)27(45-35(38)32-34(42)39(36(44)47-32)24-15-9-14-20-29(40)43-3)21-22-28-37(5-2)30(25-16-10-7-11-17-25)31(46-28)26-18-12-8-13-19-26/h7-8,10-13,16-19,21-22,30-31H,4-6,9,14-15,20,23-24H2,1-3H3/b27-21+,28-22-,35-32-. The van der Waals surface area contributed by atoms with E-state index in [0.717, 1.165) is 37.3 Å². The van der Waals surface area contributed by atoms with Crippen LogP contribution in [0.5, 0.6) is 0 Å². The van der Waals surface area contributed by atoms with E-state index in [0.29, 0.717) is 44.4 Å². The number of thiazole rings is 1. The zero-order valence-electron chi connectivity index (χ0n) is 27.1. The third-order valence-electron chi connectivity index (χ3n) is 8.32. The lowest BCUT2D eigenvalue weighted by Gasteiger charge is -2.28. The molecule has 0 radical (unpaired) electrons. The molecule has 7 nitrogen and oxygen atoms in total. The van der Waals surface area contributed by atoms with Crippen LogP contribution in [0.15, 0.2) is 76.6 Å². The summed E-state index contributed by atoms with van der Waals surface area (Å²) in [7, 11) is 1.39. The number of thioether (sulfide) groups is 2. The number of unbranched alkanes of at least 4 members (excludes halogenated alkanes) is 3. The van der Waals surface area contributed by atoms with Crippen molar-refractivity contribution in [1.29, 1.82) is 0 Å². The average molecular weight is 708 g/mol. The van der Waals surface area contributed by atoms with Crippen molar-refractivity contribution in [2.24, 2.45) is 0 Å². The minimum atomic E-state index is -0.226. The number of benzene rings is 2. The maximum Gasteiger partial charge on any atom is 0.305 e. The molecule has 3 heterocycles. The molecule has 47 heavy (non-hydrogen) atoms. The van der Waals surface area contributed by atoms with Gasteiger partial charge in [0.15, 0.2) is 0 Å². The van der Waals surface area contributed by atoms with Crippen LogP contribution in [-0.4, -0.2) is 50.8 Å². The fourth-order valence-corrected chi connectivity index (χ4v) is 9.90. The lowest BCUT2D eigenvalue weighted by atomic mass is 9.97. The van der Waals surface area contributed by atoms with Gasteiger partial charge in [-0.25, -0.2) is 0 Å². The van der Waals surface area contributed by atoms with Gasteiger partial charge in [0.2, 0.25) is 0 Å². The van der Waals surface area contributed by atoms with E-state index in [1.54, 1.807) is 9.47 Å². The van der Waals surface area contributed by atoms with Crippen molar-refractivity contribution in [3.63, 3.8) is 0 Å². The summed E-state index contributed by atoms with van der Waals surface area (Å²) in [6, 6.07) is 21.4. The Balaban J connectivity index is 1.48. The Bertz CT molecular complexity index is 1790. The number of nitrogens with zero attached hydrogens (tertiary/aromatic N) is 3. The summed E-state index contributed by atoms with van der Waals surface area (Å²) in [5.41, 5.74) is 2.45. The summed E-state index contributed by atoms with van der Waals surface area (Å²) >= 11 is 10.1. The summed E-state index contributed by atoms with van der Waals surface area (Å²) in [5, 5.41) is 1.32. The van der Waals surface area contributed by atoms with Gasteiger partial charge in [-0.3, -0.25) is 23.9 Å². The highest BCUT2D eigenvalue weighted by Crippen LogP contribution is 2.55. The molecule has 2 fully saturated rings. The third-order valence-corrected chi connectivity index (χ3v) is 12.4. The molecule has 1 amide bonds. The molecule has 11 heteroatoms. The smallest absolute Gasteiger partial charge is 0.305 e. The van der Waals surface area contributed by atoms with Gasteiger partial charge in [-0.05, 0) is 49.5 Å². The molecule has 5 rings (SSSR count). The van der Waals surface area contributed by atoms with Crippen molar-refractivity contribution < 1.29 is 14.3 Å². The zero-order chi connectivity index (χ0) is 33.3. The number of rotatable bonds is 13. The monoisotopic (exact) mass is 707 g/mol. The normalized spacial score (nSPS) is 20.6. The van der Waals surface area contributed by atoms with Gasteiger partial charge in [0.1, 0.15) is 13.9 Å². The molecule has 0 bridgehead atoms. The van der Waals surface area contributed by atoms with E-state index in [1.165, 1.54) is 41.3 Å². The van der Waals surface area contributed by atoms with Gasteiger partial charge >= 0.3 is 5.97 Å². The number of hydrogen-bond donors (Lipinski definition) is 0. The molecule has 2 saturated heterocycles. The molecule has 0 aliphatic carbocycles. The predicted octanol–water partition coefficient (Wildman–Crippen LogP) is 6.59. The first kappa shape index (κ1) is 35.2. The van der Waals surface area contributed by atoms with Crippen LogP contribution in [0.1, 0.15) is 74.8 Å². The number of hydrogen-bond acceptors (Lipinski definition) is 9. The predicted molar refractivity (Wildman–Crippen MR) is 199 cm³/mol. The second kappa shape index (κ2) is 16.8. The van der Waals surface area contributed by atoms with Crippen molar-refractivity contribution >= 4 is 74.3 Å². The van der Waals surface area contributed by atoms with Crippen LogP contribution in [-0.2, 0) is 20.9 Å². The van der Waals surface area contributed by atoms with E-state index in [-0.39, 0.29) is 28.7 Å². The third kappa shape index (κ3) is 8.13. The number of carbonyl (C=O) groups is 2. The molecule has 2 aliphatic heterocycles. The number of likely N-dealkylation sites (N-methyl/N-ethyl adjacent to an activating group) is 1. The molecular weight excluding hydrogens is 667 g/mol. The molecule has 1 aromatic heterocycles. The number of methoxy groups -OCH3 is 1. The molecule has 3 aromatic rings. The lowest BCUT2D eigenvalue weighted by Crippen LogP contribution is -2.34. The van der Waals surface area contributed by atoms with Gasteiger partial charge in [0.05, 0.1) is 28.0 Å². The van der Waals surface area contributed by atoms with Gasteiger partial charge in [-0.1, -0.05) is 116 Å². The second-order valence-corrected chi connectivity index (χ2v) is 15.2. The number of carbonyl (C=O) groups excluding carboxylic acids is 2. The molecule has 2 aliphatic rings. The van der Waals surface area contributed by atoms with Crippen LogP contribution in [0.2, 0.25) is 0 Å². The molecule has 0 N–H and O–H groups in total. The van der Waals surface area contributed by atoms with Gasteiger partial charge < -0.3 is 9.64 Å². The van der Waals surface area contributed by atoms with E-state index < -0.39 is 0 Å². The van der Waals surface area contributed by atoms with Crippen LogP contribution in [0.3, 0.4) is 0 Å². The lowest BCUT2D eigenvalue weighted by molar-refractivity contribution is -0.140. The summed E-state index contributed by atoms with van der Waals surface area (Å²) in [4.78, 5) is 43.5. The van der Waals surface area contributed by atoms with E-state index in [4.69, 9.17) is 17.0 Å². The van der Waals surface area contributed by atoms with Crippen molar-refractivity contribution in [3.05, 3.63) is 102 Å². The summed E-state index contributed by atoms with van der Waals surface area (Å²) < 4.78 is 8.27. The van der Waals surface area contributed by atoms with Crippen molar-refractivity contribution in [3.8, 4) is 0 Å². The number of thiocarbonyl (C=S) groups is 1. The van der Waals surface area contributed by atoms with Gasteiger partial charge in [-0.2, -0.15) is 0 Å². The molecule has 0 spiro atoms. The Morgan fingerprint density at radius 2 is 1.62 bits per heavy atom. The Labute approximate surface area is 294 Å². The van der Waals surface area contributed by atoms with Crippen LogP contribution < -0.4 is 14.8 Å². The van der Waals surface area contributed by atoms with Crippen molar-refractivity contribution in [2.75, 3.05) is 20.2 Å².